The van der Waals surface area contributed by atoms with Crippen LogP contribution in [0.25, 0.3) is 0 Å². The average Bonchev–Trinajstić information content (AvgIpc) is 2.73. The quantitative estimate of drug-likeness (QED) is 0.933. The van der Waals surface area contributed by atoms with E-state index in [0.717, 1.165) is 8.66 Å². The van der Waals surface area contributed by atoms with Crippen LogP contribution in [-0.4, -0.2) is 6.61 Å². The SMILES string of the molecule is NC(COc1cccc(F)c1)c1ccc(Br)s1. The van der Waals surface area contributed by atoms with Crippen molar-refractivity contribution in [1.29, 1.82) is 0 Å². The molecule has 5 heteroatoms. The number of nitrogens with two attached hydrogens (primary N) is 1. The predicted molar refractivity (Wildman–Crippen MR) is 70.8 cm³/mol. The molecule has 1 aromatic heterocycles. The molecule has 0 spiro atoms. The van der Waals surface area contributed by atoms with Crippen molar-refractivity contribution in [2.24, 2.45) is 5.73 Å². The van der Waals surface area contributed by atoms with E-state index in [0.29, 0.717) is 12.4 Å². The molecular formula is C12H11BrFNOS. The molecular weight excluding hydrogens is 305 g/mol. The van der Waals surface area contributed by atoms with E-state index in [1.54, 1.807) is 23.5 Å². The lowest BCUT2D eigenvalue weighted by Gasteiger charge is -2.11. The minimum absolute atomic E-state index is 0.199. The number of hydrogen-bond donors (Lipinski definition) is 1. The number of thiophene rings is 1. The second-order valence-electron chi connectivity index (χ2n) is 3.52. The third-order valence-corrected chi connectivity index (χ3v) is 3.94. The zero-order valence-electron chi connectivity index (χ0n) is 8.90. The zero-order valence-corrected chi connectivity index (χ0v) is 11.3. The first-order valence-electron chi connectivity index (χ1n) is 5.04. The van der Waals surface area contributed by atoms with E-state index in [9.17, 15) is 4.39 Å². The summed E-state index contributed by atoms with van der Waals surface area (Å²) in [5.74, 6) is 0.186. The van der Waals surface area contributed by atoms with Gasteiger partial charge in [0.1, 0.15) is 18.2 Å². The Morgan fingerprint density at radius 1 is 1.35 bits per heavy atom. The second kappa shape index (κ2) is 5.62. The number of benzene rings is 1. The molecule has 0 aliphatic rings. The highest BCUT2D eigenvalue weighted by Crippen LogP contribution is 2.26. The van der Waals surface area contributed by atoms with E-state index in [1.165, 1.54) is 12.1 Å². The molecule has 0 radical (unpaired) electrons. The highest BCUT2D eigenvalue weighted by Gasteiger charge is 2.09. The van der Waals surface area contributed by atoms with E-state index in [4.69, 9.17) is 10.5 Å². The summed E-state index contributed by atoms with van der Waals surface area (Å²) in [5.41, 5.74) is 5.97. The van der Waals surface area contributed by atoms with Crippen molar-refractivity contribution in [3.05, 3.63) is 50.9 Å². The van der Waals surface area contributed by atoms with Gasteiger partial charge in [0.05, 0.1) is 9.83 Å². The minimum Gasteiger partial charge on any atom is -0.491 e. The first kappa shape index (κ1) is 12.5. The summed E-state index contributed by atoms with van der Waals surface area (Å²) in [6.07, 6.45) is 0. The van der Waals surface area contributed by atoms with Gasteiger partial charge in [-0.15, -0.1) is 11.3 Å². The molecule has 90 valence electrons. The fourth-order valence-corrected chi connectivity index (χ4v) is 2.76. The smallest absolute Gasteiger partial charge is 0.126 e. The molecule has 1 heterocycles. The van der Waals surface area contributed by atoms with E-state index in [-0.39, 0.29) is 11.9 Å². The van der Waals surface area contributed by atoms with Crippen LogP contribution in [0.2, 0.25) is 0 Å². The normalized spacial score (nSPS) is 12.4. The molecule has 17 heavy (non-hydrogen) atoms. The lowest BCUT2D eigenvalue weighted by molar-refractivity contribution is 0.291. The lowest BCUT2D eigenvalue weighted by atomic mass is 10.3. The van der Waals surface area contributed by atoms with Crippen molar-refractivity contribution >= 4 is 27.3 Å². The molecule has 2 rings (SSSR count). The number of hydrogen-bond acceptors (Lipinski definition) is 3. The van der Waals surface area contributed by atoms with Crippen LogP contribution in [-0.2, 0) is 0 Å². The molecule has 0 aliphatic heterocycles. The van der Waals surface area contributed by atoms with Crippen molar-refractivity contribution in [1.82, 2.24) is 0 Å². The van der Waals surface area contributed by atoms with Crippen molar-refractivity contribution in [2.75, 3.05) is 6.61 Å². The standard InChI is InChI=1S/C12H11BrFNOS/c13-12-5-4-11(17-12)10(15)7-16-9-3-1-2-8(14)6-9/h1-6,10H,7,15H2. The third-order valence-electron chi connectivity index (χ3n) is 2.19. The summed E-state index contributed by atoms with van der Waals surface area (Å²) in [6, 6.07) is 9.74. The highest BCUT2D eigenvalue weighted by molar-refractivity contribution is 9.11. The largest absolute Gasteiger partial charge is 0.491 e. The maximum Gasteiger partial charge on any atom is 0.126 e. The van der Waals surface area contributed by atoms with Gasteiger partial charge in [-0.3, -0.25) is 0 Å². The van der Waals surface area contributed by atoms with Crippen LogP contribution >= 0.6 is 27.3 Å². The molecule has 0 fully saturated rings. The Morgan fingerprint density at radius 3 is 2.82 bits per heavy atom. The van der Waals surface area contributed by atoms with Gasteiger partial charge in [0.25, 0.3) is 0 Å². The molecule has 0 saturated carbocycles. The summed E-state index contributed by atoms with van der Waals surface area (Å²) in [5, 5.41) is 0. The molecule has 1 aromatic carbocycles. The van der Waals surface area contributed by atoms with Gasteiger partial charge >= 0.3 is 0 Å². The summed E-state index contributed by atoms with van der Waals surface area (Å²) in [7, 11) is 0. The third kappa shape index (κ3) is 3.52. The Balaban J connectivity index is 1.94. The molecule has 1 atom stereocenters. The first-order chi connectivity index (χ1) is 8.15. The van der Waals surface area contributed by atoms with E-state index >= 15 is 0 Å². The Morgan fingerprint density at radius 2 is 2.18 bits per heavy atom. The fraction of sp³-hybridized carbons (Fsp3) is 0.167. The van der Waals surface area contributed by atoms with E-state index in [2.05, 4.69) is 15.9 Å². The summed E-state index contributed by atoms with van der Waals surface area (Å²) in [6.45, 7) is 0.330. The van der Waals surface area contributed by atoms with Gasteiger partial charge < -0.3 is 10.5 Å². The van der Waals surface area contributed by atoms with Gasteiger partial charge in [-0.1, -0.05) is 6.07 Å². The fourth-order valence-electron chi connectivity index (χ4n) is 1.35. The number of rotatable bonds is 4. The van der Waals surface area contributed by atoms with Gasteiger partial charge in [-0.2, -0.15) is 0 Å². The minimum atomic E-state index is -0.310. The number of ether oxygens (including phenoxy) is 1. The second-order valence-corrected chi connectivity index (χ2v) is 6.01. The topological polar surface area (TPSA) is 35.2 Å². The van der Waals surface area contributed by atoms with Crippen LogP contribution in [0.15, 0.2) is 40.2 Å². The summed E-state index contributed by atoms with van der Waals surface area (Å²) >= 11 is 4.95. The molecule has 2 nitrogen and oxygen atoms in total. The van der Waals surface area contributed by atoms with Gasteiger partial charge in [0, 0.05) is 10.9 Å². The average molecular weight is 316 g/mol. The Kier molecular flexibility index (Phi) is 4.15. The zero-order chi connectivity index (χ0) is 12.3. The maximum atomic E-state index is 12.9. The Hall–Kier alpha value is -0.910. The predicted octanol–water partition coefficient (Wildman–Crippen LogP) is 3.73. The highest BCUT2D eigenvalue weighted by atomic mass is 79.9. The molecule has 0 amide bonds. The van der Waals surface area contributed by atoms with Crippen LogP contribution in [0.5, 0.6) is 5.75 Å². The van der Waals surface area contributed by atoms with Gasteiger partial charge in [0.15, 0.2) is 0 Å². The summed E-state index contributed by atoms with van der Waals surface area (Å²) < 4.78 is 19.4. The van der Waals surface area contributed by atoms with Crippen LogP contribution < -0.4 is 10.5 Å². The van der Waals surface area contributed by atoms with Crippen LogP contribution in [0.1, 0.15) is 10.9 Å². The van der Waals surface area contributed by atoms with Crippen LogP contribution in [0, 0.1) is 5.82 Å². The molecule has 0 saturated heterocycles. The van der Waals surface area contributed by atoms with Crippen LogP contribution in [0.4, 0.5) is 4.39 Å². The lowest BCUT2D eigenvalue weighted by Crippen LogP contribution is -2.17. The van der Waals surface area contributed by atoms with Gasteiger partial charge in [-0.05, 0) is 40.2 Å². The molecule has 2 aromatic rings. The first-order valence-corrected chi connectivity index (χ1v) is 6.65. The molecule has 2 N–H and O–H groups in total. The van der Waals surface area contributed by atoms with Crippen LogP contribution in [0.3, 0.4) is 0 Å². The maximum absolute atomic E-state index is 12.9. The van der Waals surface area contributed by atoms with Gasteiger partial charge in [0.2, 0.25) is 0 Å². The van der Waals surface area contributed by atoms with Crippen molar-refractivity contribution in [3.63, 3.8) is 0 Å². The van der Waals surface area contributed by atoms with Crippen molar-refractivity contribution in [3.8, 4) is 5.75 Å². The monoisotopic (exact) mass is 315 g/mol. The van der Waals surface area contributed by atoms with E-state index < -0.39 is 0 Å². The molecule has 1 unspecified atom stereocenters. The summed E-state index contributed by atoms with van der Waals surface area (Å²) in [4.78, 5) is 1.04. The Labute approximate surface area is 111 Å². The number of halogens is 2. The molecule has 0 bridgehead atoms. The van der Waals surface area contributed by atoms with E-state index in [1.807, 2.05) is 12.1 Å². The van der Waals surface area contributed by atoms with Crippen molar-refractivity contribution < 1.29 is 9.13 Å². The molecule has 0 aliphatic carbocycles. The Bertz CT molecular complexity index is 503. The van der Waals surface area contributed by atoms with Crippen molar-refractivity contribution in [2.45, 2.75) is 6.04 Å². The van der Waals surface area contributed by atoms with Gasteiger partial charge in [-0.25, -0.2) is 4.39 Å².